The Morgan fingerprint density at radius 3 is 2.88 bits per heavy atom. The predicted octanol–water partition coefficient (Wildman–Crippen LogP) is 4.36. The van der Waals surface area contributed by atoms with Crippen LogP contribution in [0.25, 0.3) is 10.8 Å². The van der Waals surface area contributed by atoms with Crippen LogP contribution in [-0.2, 0) is 0 Å². The standard InChI is InChI=1S/C14H16ClN/c1-11(5-4-9-15)14-13-7-3-2-6-12(13)8-10-16-14/h2-3,6-8,10-11H,4-5,9H2,1H3. The van der Waals surface area contributed by atoms with Crippen LogP contribution in [0.3, 0.4) is 0 Å². The molecule has 0 fully saturated rings. The lowest BCUT2D eigenvalue weighted by molar-refractivity contribution is 0.655. The highest BCUT2D eigenvalue weighted by Crippen LogP contribution is 2.26. The number of aromatic nitrogens is 1. The number of rotatable bonds is 4. The highest BCUT2D eigenvalue weighted by atomic mass is 35.5. The van der Waals surface area contributed by atoms with Gasteiger partial charge in [0.25, 0.3) is 0 Å². The Morgan fingerprint density at radius 1 is 1.25 bits per heavy atom. The van der Waals surface area contributed by atoms with Crippen LogP contribution in [0.5, 0.6) is 0 Å². The Kier molecular flexibility index (Phi) is 3.79. The van der Waals surface area contributed by atoms with Crippen molar-refractivity contribution in [1.82, 2.24) is 4.98 Å². The largest absolute Gasteiger partial charge is 0.260 e. The van der Waals surface area contributed by atoms with E-state index in [-0.39, 0.29) is 0 Å². The van der Waals surface area contributed by atoms with Crippen molar-refractivity contribution in [3.63, 3.8) is 0 Å². The molecular formula is C14H16ClN. The second-order valence-electron chi connectivity index (χ2n) is 4.15. The smallest absolute Gasteiger partial charge is 0.0509 e. The average molecular weight is 234 g/mol. The fourth-order valence-electron chi connectivity index (χ4n) is 2.06. The Labute approximate surface area is 101 Å². The van der Waals surface area contributed by atoms with E-state index in [1.54, 1.807) is 0 Å². The molecule has 0 aliphatic rings. The van der Waals surface area contributed by atoms with E-state index in [4.69, 9.17) is 11.6 Å². The SMILES string of the molecule is CC(CCCCl)c1nccc2ccccc12. The third-order valence-electron chi connectivity index (χ3n) is 2.94. The van der Waals surface area contributed by atoms with E-state index < -0.39 is 0 Å². The van der Waals surface area contributed by atoms with Crippen molar-refractivity contribution >= 4 is 22.4 Å². The maximum Gasteiger partial charge on any atom is 0.0509 e. The van der Waals surface area contributed by atoms with Crippen LogP contribution < -0.4 is 0 Å². The minimum Gasteiger partial charge on any atom is -0.260 e. The monoisotopic (exact) mass is 233 g/mol. The second-order valence-corrected chi connectivity index (χ2v) is 4.53. The van der Waals surface area contributed by atoms with Crippen LogP contribution in [0.1, 0.15) is 31.4 Å². The normalized spacial score (nSPS) is 12.9. The van der Waals surface area contributed by atoms with Gasteiger partial charge in [-0.3, -0.25) is 4.98 Å². The number of fused-ring (bicyclic) bond motifs is 1. The summed E-state index contributed by atoms with van der Waals surface area (Å²) in [6, 6.07) is 10.5. The molecule has 2 aromatic rings. The van der Waals surface area contributed by atoms with Crippen LogP contribution in [0.2, 0.25) is 0 Å². The zero-order valence-corrected chi connectivity index (χ0v) is 10.2. The molecule has 0 bridgehead atoms. The molecule has 1 atom stereocenters. The van der Waals surface area contributed by atoms with E-state index in [0.717, 1.165) is 18.7 Å². The first-order valence-electron chi connectivity index (χ1n) is 5.72. The number of halogens is 1. The van der Waals surface area contributed by atoms with Gasteiger partial charge in [0, 0.05) is 17.5 Å². The molecule has 0 saturated carbocycles. The number of hydrogen-bond donors (Lipinski definition) is 0. The lowest BCUT2D eigenvalue weighted by atomic mass is 9.97. The summed E-state index contributed by atoms with van der Waals surface area (Å²) in [5.41, 5.74) is 1.20. The lowest BCUT2D eigenvalue weighted by Gasteiger charge is -2.12. The zero-order chi connectivity index (χ0) is 11.4. The van der Waals surface area contributed by atoms with Crippen molar-refractivity contribution in [2.45, 2.75) is 25.7 Å². The molecule has 1 heterocycles. The van der Waals surface area contributed by atoms with Crippen molar-refractivity contribution < 1.29 is 0 Å². The summed E-state index contributed by atoms with van der Waals surface area (Å²) in [5, 5.41) is 2.54. The van der Waals surface area contributed by atoms with E-state index >= 15 is 0 Å². The van der Waals surface area contributed by atoms with Gasteiger partial charge >= 0.3 is 0 Å². The van der Waals surface area contributed by atoms with Gasteiger partial charge in [-0.05, 0) is 30.2 Å². The van der Waals surface area contributed by atoms with Crippen molar-refractivity contribution in [2.75, 3.05) is 5.88 Å². The minimum atomic E-state index is 0.477. The van der Waals surface area contributed by atoms with Crippen molar-refractivity contribution in [3.05, 3.63) is 42.2 Å². The predicted molar refractivity (Wildman–Crippen MR) is 70.1 cm³/mol. The Balaban J connectivity index is 2.36. The van der Waals surface area contributed by atoms with Gasteiger partial charge in [0.05, 0.1) is 5.69 Å². The lowest BCUT2D eigenvalue weighted by Crippen LogP contribution is -1.98. The number of hydrogen-bond acceptors (Lipinski definition) is 1. The summed E-state index contributed by atoms with van der Waals surface area (Å²) in [6.07, 6.45) is 4.05. The first kappa shape index (κ1) is 11.4. The van der Waals surface area contributed by atoms with Gasteiger partial charge in [0.1, 0.15) is 0 Å². The number of pyridine rings is 1. The molecule has 1 aromatic carbocycles. The van der Waals surface area contributed by atoms with Gasteiger partial charge < -0.3 is 0 Å². The Morgan fingerprint density at radius 2 is 2.06 bits per heavy atom. The Bertz CT molecular complexity index is 462. The summed E-state index contributed by atoms with van der Waals surface area (Å²) in [6.45, 7) is 2.22. The first-order valence-corrected chi connectivity index (χ1v) is 6.26. The molecule has 0 N–H and O–H groups in total. The summed E-state index contributed by atoms with van der Waals surface area (Å²) < 4.78 is 0. The fourth-order valence-corrected chi connectivity index (χ4v) is 2.21. The minimum absolute atomic E-state index is 0.477. The van der Waals surface area contributed by atoms with E-state index in [2.05, 4.69) is 42.2 Å². The van der Waals surface area contributed by atoms with Gasteiger partial charge in [0.15, 0.2) is 0 Å². The average Bonchev–Trinajstić information content (AvgIpc) is 2.35. The summed E-state index contributed by atoms with van der Waals surface area (Å²) in [7, 11) is 0. The molecule has 0 aliphatic heterocycles. The fraction of sp³-hybridized carbons (Fsp3) is 0.357. The maximum atomic E-state index is 5.73. The second kappa shape index (κ2) is 5.31. The van der Waals surface area contributed by atoms with E-state index in [0.29, 0.717) is 5.92 Å². The van der Waals surface area contributed by atoms with Gasteiger partial charge in [-0.15, -0.1) is 11.6 Å². The molecule has 0 aliphatic carbocycles. The summed E-state index contributed by atoms with van der Waals surface area (Å²) >= 11 is 5.73. The molecular weight excluding hydrogens is 218 g/mol. The van der Waals surface area contributed by atoms with Gasteiger partial charge in [-0.2, -0.15) is 0 Å². The van der Waals surface area contributed by atoms with E-state index in [1.165, 1.54) is 16.5 Å². The van der Waals surface area contributed by atoms with Crippen molar-refractivity contribution in [1.29, 1.82) is 0 Å². The molecule has 84 valence electrons. The molecule has 0 saturated heterocycles. The van der Waals surface area contributed by atoms with Gasteiger partial charge in [-0.25, -0.2) is 0 Å². The topological polar surface area (TPSA) is 12.9 Å². The highest BCUT2D eigenvalue weighted by Gasteiger charge is 2.09. The molecule has 1 unspecified atom stereocenters. The van der Waals surface area contributed by atoms with Crippen LogP contribution in [0.15, 0.2) is 36.5 Å². The maximum absolute atomic E-state index is 5.73. The molecule has 0 radical (unpaired) electrons. The third-order valence-corrected chi connectivity index (χ3v) is 3.21. The van der Waals surface area contributed by atoms with Gasteiger partial charge in [0.2, 0.25) is 0 Å². The summed E-state index contributed by atoms with van der Waals surface area (Å²) in [5.74, 6) is 1.21. The van der Waals surface area contributed by atoms with Crippen LogP contribution in [0.4, 0.5) is 0 Å². The van der Waals surface area contributed by atoms with Gasteiger partial charge in [-0.1, -0.05) is 31.2 Å². The molecule has 0 amide bonds. The molecule has 1 nitrogen and oxygen atoms in total. The molecule has 16 heavy (non-hydrogen) atoms. The summed E-state index contributed by atoms with van der Waals surface area (Å²) in [4.78, 5) is 4.52. The highest BCUT2D eigenvalue weighted by molar-refractivity contribution is 6.17. The zero-order valence-electron chi connectivity index (χ0n) is 9.49. The van der Waals surface area contributed by atoms with Crippen LogP contribution in [-0.4, -0.2) is 10.9 Å². The number of nitrogens with zero attached hydrogens (tertiary/aromatic N) is 1. The number of alkyl halides is 1. The third kappa shape index (κ3) is 2.35. The Hall–Kier alpha value is -1.08. The molecule has 1 aromatic heterocycles. The first-order chi connectivity index (χ1) is 7.83. The van der Waals surface area contributed by atoms with Crippen LogP contribution >= 0.6 is 11.6 Å². The molecule has 2 rings (SSSR count). The van der Waals surface area contributed by atoms with E-state index in [9.17, 15) is 0 Å². The van der Waals surface area contributed by atoms with E-state index in [1.807, 2.05) is 6.20 Å². The number of benzene rings is 1. The quantitative estimate of drug-likeness (QED) is 0.716. The molecule has 2 heteroatoms. The van der Waals surface area contributed by atoms with Crippen molar-refractivity contribution in [3.8, 4) is 0 Å². The molecule has 0 spiro atoms. The van der Waals surface area contributed by atoms with Crippen LogP contribution in [0, 0.1) is 0 Å². The van der Waals surface area contributed by atoms with Crippen molar-refractivity contribution in [2.24, 2.45) is 0 Å².